The zero-order valence-electron chi connectivity index (χ0n) is 37.0. The van der Waals surface area contributed by atoms with Crippen LogP contribution in [0.2, 0.25) is 0 Å². The van der Waals surface area contributed by atoms with Crippen LogP contribution in [0.25, 0.3) is 5.65 Å². The predicted octanol–water partition coefficient (Wildman–Crippen LogP) is 10.1. The predicted molar refractivity (Wildman–Crippen MR) is 240 cm³/mol. The lowest BCUT2D eigenvalue weighted by atomic mass is 9.93. The number of anilines is 2. The molecule has 328 valence electrons. The monoisotopic (exact) mass is 845 g/mol. The summed E-state index contributed by atoms with van der Waals surface area (Å²) >= 11 is -2.09. The first-order valence-corrected chi connectivity index (χ1v) is 23.5. The molecule has 0 saturated heterocycles. The minimum absolute atomic E-state index is 0.136. The highest BCUT2D eigenvalue weighted by Gasteiger charge is 2.30. The van der Waals surface area contributed by atoms with E-state index >= 15 is 0 Å². The second-order valence-electron chi connectivity index (χ2n) is 17.7. The summed E-state index contributed by atoms with van der Waals surface area (Å²) in [5, 5.41) is 16.0. The first kappa shape index (κ1) is 44.9. The summed E-state index contributed by atoms with van der Waals surface area (Å²) in [6.45, 7) is 11.1. The van der Waals surface area contributed by atoms with Crippen molar-refractivity contribution in [2.45, 2.75) is 161 Å². The molecule has 0 aliphatic heterocycles. The number of fused-ring (bicyclic) bond motifs is 1. The van der Waals surface area contributed by atoms with E-state index < -0.39 is 16.8 Å². The number of hydrogen-bond donors (Lipinski definition) is 3. The van der Waals surface area contributed by atoms with E-state index in [1.165, 1.54) is 38.5 Å². The molecular weight excluding hydrogens is 777 g/mol. The summed E-state index contributed by atoms with van der Waals surface area (Å²) in [6.07, 6.45) is 17.4. The molecule has 0 spiro atoms. The fourth-order valence-corrected chi connectivity index (χ4v) is 9.18. The van der Waals surface area contributed by atoms with Crippen LogP contribution in [0.5, 0.6) is 11.5 Å². The summed E-state index contributed by atoms with van der Waals surface area (Å²) < 4.78 is 31.1. The Kier molecular flexibility index (Phi) is 15.6. The van der Waals surface area contributed by atoms with Crippen molar-refractivity contribution in [2.75, 3.05) is 30.7 Å². The van der Waals surface area contributed by atoms with Gasteiger partial charge in [-0.25, -0.2) is 4.52 Å². The van der Waals surface area contributed by atoms with E-state index in [4.69, 9.17) is 8.92 Å². The molecule has 0 bridgehead atoms. The second kappa shape index (κ2) is 20.8. The van der Waals surface area contributed by atoms with Gasteiger partial charge in [0.1, 0.15) is 11.5 Å². The Hall–Kier alpha value is -4.59. The van der Waals surface area contributed by atoms with Crippen molar-refractivity contribution < 1.29 is 22.7 Å². The maximum absolute atomic E-state index is 14.0. The normalized spacial score (nSPS) is 15.9. The maximum atomic E-state index is 14.0. The van der Waals surface area contributed by atoms with E-state index in [1.54, 1.807) is 34.1 Å². The van der Waals surface area contributed by atoms with Crippen LogP contribution in [0.15, 0.2) is 42.5 Å². The summed E-state index contributed by atoms with van der Waals surface area (Å²) in [7, 11) is 3.67. The minimum atomic E-state index is -2.09. The highest BCUT2D eigenvalue weighted by Crippen LogP contribution is 2.35. The number of rotatable bonds is 20. The quantitative estimate of drug-likeness (QED) is 0.0746. The third-order valence-electron chi connectivity index (χ3n) is 12.2. The standard InChI is InChI=1S/C46H68N8O5S/c1-8-9-10-11-12-19-26-58-41-25-24-35(30-40(41)47-46(4,5)45-49-48-42-31-39(32(2)3)50-54(42)45)51-60(57)59-38-28-33(43(55)52(6)36-20-15-13-16-21-36)27-34(29-38)44(56)53(7)37-22-17-14-18-23-37/h24-25,27-32,36-37,47,50-51H,8-23,26H2,1-7H3. The van der Waals surface area contributed by atoms with Gasteiger partial charge in [-0.15, -0.1) is 10.2 Å². The molecule has 2 heterocycles. The molecule has 4 aromatic rings. The van der Waals surface area contributed by atoms with Gasteiger partial charge < -0.3 is 24.0 Å². The molecule has 3 N–H and O–H groups in total. The minimum Gasteiger partial charge on any atom is -0.491 e. The lowest BCUT2D eigenvalue weighted by Crippen LogP contribution is -2.39. The Bertz CT molecular complexity index is 2010. The van der Waals surface area contributed by atoms with Crippen LogP contribution in [0, 0.1) is 0 Å². The number of nitrogens with one attached hydrogen (secondary N) is 3. The first-order valence-electron chi connectivity index (χ1n) is 22.4. The Morgan fingerprint density at radius 1 is 0.850 bits per heavy atom. The molecule has 2 saturated carbocycles. The van der Waals surface area contributed by atoms with Gasteiger partial charge in [-0.2, -0.15) is 4.21 Å². The van der Waals surface area contributed by atoms with Gasteiger partial charge >= 0.3 is 11.3 Å². The van der Waals surface area contributed by atoms with E-state index in [-0.39, 0.29) is 29.6 Å². The third-order valence-corrected chi connectivity index (χ3v) is 13.0. The molecule has 2 aliphatic carbocycles. The highest BCUT2D eigenvalue weighted by molar-refractivity contribution is 7.82. The van der Waals surface area contributed by atoms with Gasteiger partial charge in [0.2, 0.25) is 0 Å². The van der Waals surface area contributed by atoms with E-state index in [0.717, 1.165) is 75.5 Å². The summed E-state index contributed by atoms with van der Waals surface area (Å²) in [5.41, 5.74) is 2.96. The molecule has 0 radical (unpaired) electrons. The summed E-state index contributed by atoms with van der Waals surface area (Å²) in [5.74, 6) is 1.46. The number of benzene rings is 2. The van der Waals surface area contributed by atoms with E-state index in [1.807, 2.05) is 50.7 Å². The number of ether oxygens (including phenoxy) is 1. The summed E-state index contributed by atoms with van der Waals surface area (Å²) in [6, 6.07) is 12.7. The largest absolute Gasteiger partial charge is 0.491 e. The zero-order valence-corrected chi connectivity index (χ0v) is 37.8. The molecule has 2 amide bonds. The van der Waals surface area contributed by atoms with Gasteiger partial charge in [0, 0.05) is 49.1 Å². The van der Waals surface area contributed by atoms with Gasteiger partial charge in [-0.1, -0.05) is 91.4 Å². The van der Waals surface area contributed by atoms with Crippen LogP contribution < -0.4 is 19.0 Å². The molecule has 14 heteroatoms. The van der Waals surface area contributed by atoms with Crippen LogP contribution in [-0.2, 0) is 16.8 Å². The van der Waals surface area contributed by atoms with Gasteiger partial charge in [0.15, 0.2) is 11.5 Å². The zero-order chi connectivity index (χ0) is 42.8. The van der Waals surface area contributed by atoms with Crippen molar-refractivity contribution in [3.05, 3.63) is 65.1 Å². The van der Waals surface area contributed by atoms with Gasteiger partial charge in [0.25, 0.3) is 11.8 Å². The lowest BCUT2D eigenvalue weighted by Gasteiger charge is -2.32. The topological polar surface area (TPSA) is 146 Å². The Morgan fingerprint density at radius 2 is 1.45 bits per heavy atom. The fraction of sp³-hybridized carbons (Fsp3) is 0.609. The van der Waals surface area contributed by atoms with E-state index in [0.29, 0.717) is 46.6 Å². The number of H-pyrrole nitrogens is 1. The molecule has 2 aliphatic rings. The average molecular weight is 845 g/mol. The summed E-state index contributed by atoms with van der Waals surface area (Å²) in [4.78, 5) is 31.5. The van der Waals surface area contributed by atoms with Crippen LogP contribution in [0.3, 0.4) is 0 Å². The SMILES string of the molecule is CCCCCCCCOc1ccc(NS(=O)Oc2cc(C(=O)N(C)C3CCCCC3)cc(C(=O)N(C)C3CCCCC3)c2)cc1NC(C)(C)c1nnc2cc(C(C)C)[nH]n12. The number of aromatic amines is 1. The molecule has 6 rings (SSSR count). The van der Waals surface area contributed by atoms with Gasteiger partial charge in [-0.05, 0) is 88.3 Å². The molecule has 2 aromatic carbocycles. The molecule has 1 unspecified atom stereocenters. The lowest BCUT2D eigenvalue weighted by molar-refractivity contribution is 0.0694. The van der Waals surface area contributed by atoms with Gasteiger partial charge in [0.05, 0.1) is 23.5 Å². The number of hydrogen-bond acceptors (Lipinski definition) is 8. The number of nitrogens with zero attached hydrogens (tertiary/aromatic N) is 5. The molecule has 2 fully saturated rings. The number of amides is 2. The van der Waals surface area contributed by atoms with Crippen LogP contribution in [0.1, 0.15) is 176 Å². The Labute approximate surface area is 359 Å². The number of aromatic nitrogens is 4. The maximum Gasteiger partial charge on any atom is 0.316 e. The van der Waals surface area contributed by atoms with Crippen LogP contribution in [0.4, 0.5) is 11.4 Å². The van der Waals surface area contributed by atoms with Gasteiger partial charge in [-0.3, -0.25) is 19.4 Å². The number of carbonyl (C=O) groups is 2. The fourth-order valence-electron chi connectivity index (χ4n) is 8.55. The highest BCUT2D eigenvalue weighted by atomic mass is 32.2. The number of carbonyl (C=O) groups excluding carboxylic acids is 2. The van der Waals surface area contributed by atoms with E-state index in [9.17, 15) is 13.8 Å². The Balaban J connectivity index is 1.23. The second-order valence-corrected chi connectivity index (χ2v) is 18.6. The van der Waals surface area contributed by atoms with Crippen molar-refractivity contribution >= 4 is 40.1 Å². The van der Waals surface area contributed by atoms with Crippen molar-refractivity contribution in [3.8, 4) is 11.5 Å². The smallest absolute Gasteiger partial charge is 0.316 e. The van der Waals surface area contributed by atoms with Crippen molar-refractivity contribution in [1.29, 1.82) is 0 Å². The van der Waals surface area contributed by atoms with Crippen molar-refractivity contribution in [1.82, 2.24) is 29.6 Å². The molecular formula is C46H68N8O5S. The van der Waals surface area contributed by atoms with Crippen LogP contribution >= 0.6 is 0 Å². The first-order chi connectivity index (χ1) is 28.8. The molecule has 13 nitrogen and oxygen atoms in total. The van der Waals surface area contributed by atoms with E-state index in [2.05, 4.69) is 46.1 Å². The van der Waals surface area contributed by atoms with Crippen LogP contribution in [-0.4, -0.2) is 78.4 Å². The molecule has 2 aromatic heterocycles. The third kappa shape index (κ3) is 11.4. The van der Waals surface area contributed by atoms with Crippen molar-refractivity contribution in [2.24, 2.45) is 0 Å². The Morgan fingerprint density at radius 3 is 2.05 bits per heavy atom. The molecule has 60 heavy (non-hydrogen) atoms. The van der Waals surface area contributed by atoms with Crippen molar-refractivity contribution in [3.63, 3.8) is 0 Å². The molecule has 1 atom stereocenters. The number of unbranched alkanes of at least 4 members (excludes halogenated alkanes) is 5. The average Bonchev–Trinajstić information content (AvgIpc) is 3.86.